The van der Waals surface area contributed by atoms with Crippen LogP contribution in [0.1, 0.15) is 61.2 Å². The van der Waals surface area contributed by atoms with Gasteiger partial charge in [0, 0.05) is 37.1 Å². The number of ether oxygens (including phenoxy) is 1. The molecule has 3 atom stereocenters. The summed E-state index contributed by atoms with van der Waals surface area (Å²) in [4.78, 5) is 22.4. The van der Waals surface area contributed by atoms with Crippen LogP contribution < -0.4 is 4.90 Å². The molecule has 0 spiro atoms. The van der Waals surface area contributed by atoms with E-state index >= 15 is 0 Å². The minimum absolute atomic E-state index is 0.0220. The highest BCUT2D eigenvalue weighted by molar-refractivity contribution is 6.02. The second kappa shape index (κ2) is 10.4. The number of fused-ring (bicyclic) bond motifs is 2. The molecule has 3 aliphatic rings. The number of anilines is 1. The SMILES string of the molecule is CCCC(=Nc1cc(N(C)C(=O)C(C)N2CCOCC2)cc(CO)c1C)c1n[nH]c2c1CC1CC1C2. The molecule has 2 heterocycles. The number of likely N-dealkylation sites (N-methyl/N-ethyl adjacent to an activating group) is 1. The number of hydrogen-bond acceptors (Lipinski definition) is 6. The third-order valence-corrected chi connectivity index (χ3v) is 8.28. The van der Waals surface area contributed by atoms with Gasteiger partial charge in [-0.15, -0.1) is 0 Å². The van der Waals surface area contributed by atoms with Crippen molar-refractivity contribution < 1.29 is 14.6 Å². The Labute approximate surface area is 213 Å². The van der Waals surface area contributed by atoms with Crippen molar-refractivity contribution in [2.45, 2.75) is 65.5 Å². The Bertz CT molecular complexity index is 1150. The number of nitrogens with one attached hydrogen (secondary N) is 1. The fourth-order valence-electron chi connectivity index (χ4n) is 5.72. The van der Waals surface area contributed by atoms with Crippen LogP contribution in [0.2, 0.25) is 0 Å². The molecule has 1 aromatic carbocycles. The molecular formula is C28H39N5O3. The van der Waals surface area contributed by atoms with Crippen LogP contribution in [0.3, 0.4) is 0 Å². The Morgan fingerprint density at radius 2 is 2.06 bits per heavy atom. The summed E-state index contributed by atoms with van der Waals surface area (Å²) in [7, 11) is 1.81. The molecule has 8 nitrogen and oxygen atoms in total. The zero-order valence-corrected chi connectivity index (χ0v) is 22.0. The number of carbonyl (C=O) groups is 1. The Morgan fingerprint density at radius 1 is 1.31 bits per heavy atom. The molecule has 1 aliphatic heterocycles. The summed E-state index contributed by atoms with van der Waals surface area (Å²) in [5.41, 5.74) is 7.84. The van der Waals surface area contributed by atoms with Gasteiger partial charge in [-0.25, -0.2) is 0 Å². The number of hydrogen-bond donors (Lipinski definition) is 2. The molecule has 8 heteroatoms. The first-order valence-corrected chi connectivity index (χ1v) is 13.4. The fraction of sp³-hybridized carbons (Fsp3) is 0.607. The van der Waals surface area contributed by atoms with Crippen molar-refractivity contribution >= 4 is 23.0 Å². The van der Waals surface area contributed by atoms with Gasteiger partial charge >= 0.3 is 0 Å². The molecule has 1 amide bonds. The molecule has 2 N–H and O–H groups in total. The topological polar surface area (TPSA) is 94.1 Å². The third-order valence-electron chi connectivity index (χ3n) is 8.28. The average molecular weight is 494 g/mol. The lowest BCUT2D eigenvalue weighted by atomic mass is 9.93. The minimum Gasteiger partial charge on any atom is -0.392 e. The van der Waals surface area contributed by atoms with Crippen LogP contribution in [0.4, 0.5) is 11.4 Å². The smallest absolute Gasteiger partial charge is 0.243 e. The Balaban J connectivity index is 1.47. The van der Waals surface area contributed by atoms with Gasteiger partial charge in [-0.1, -0.05) is 13.3 Å². The van der Waals surface area contributed by atoms with E-state index in [0.29, 0.717) is 13.2 Å². The highest BCUT2D eigenvalue weighted by atomic mass is 16.5. The van der Waals surface area contributed by atoms with E-state index in [1.807, 2.05) is 33.0 Å². The third kappa shape index (κ3) is 4.86. The Kier molecular flexibility index (Phi) is 7.28. The summed E-state index contributed by atoms with van der Waals surface area (Å²) in [6, 6.07) is 3.63. The molecular weight excluding hydrogens is 454 g/mol. The predicted octanol–water partition coefficient (Wildman–Crippen LogP) is 3.55. The molecule has 3 unspecified atom stereocenters. The van der Waals surface area contributed by atoms with Crippen LogP contribution in [0, 0.1) is 18.8 Å². The normalized spacial score (nSPS) is 22.6. The van der Waals surface area contributed by atoms with Crippen LogP contribution in [0.15, 0.2) is 17.1 Å². The van der Waals surface area contributed by atoms with Gasteiger partial charge in [0.2, 0.25) is 5.91 Å². The lowest BCUT2D eigenvalue weighted by Gasteiger charge is -2.33. The van der Waals surface area contributed by atoms with Crippen molar-refractivity contribution in [3.05, 3.63) is 40.2 Å². The molecule has 1 saturated carbocycles. The number of aliphatic hydroxyl groups excluding tert-OH is 1. The van der Waals surface area contributed by atoms with Gasteiger partial charge in [0.25, 0.3) is 0 Å². The lowest BCUT2D eigenvalue weighted by Crippen LogP contribution is -2.50. The Morgan fingerprint density at radius 3 is 2.78 bits per heavy atom. The van der Waals surface area contributed by atoms with E-state index in [-0.39, 0.29) is 18.6 Å². The molecule has 0 bridgehead atoms. The van der Waals surface area contributed by atoms with Gasteiger partial charge in [-0.3, -0.25) is 19.8 Å². The highest BCUT2D eigenvalue weighted by Gasteiger charge is 2.43. The number of aromatic amines is 1. The molecule has 0 radical (unpaired) electrons. The number of rotatable bonds is 8. The van der Waals surface area contributed by atoms with Gasteiger partial charge in [0.1, 0.15) is 5.69 Å². The average Bonchev–Trinajstić information content (AvgIpc) is 3.55. The molecule has 1 saturated heterocycles. The standard InChI is InChI=1S/C28H39N5O3/c1-5-6-24(27-23-13-19-11-20(19)14-26(23)30-31-27)29-25-15-22(12-21(16-34)17(25)2)32(4)28(35)18(3)33-7-9-36-10-8-33/h12,15,18-20,34H,5-11,13-14,16H2,1-4H3,(H,30,31). The number of aliphatic imine (C=N–C) groups is 1. The summed E-state index contributed by atoms with van der Waals surface area (Å²) in [5, 5.41) is 18.1. The van der Waals surface area contributed by atoms with Crippen LogP contribution >= 0.6 is 0 Å². The molecule has 2 aliphatic carbocycles. The molecule has 194 valence electrons. The molecule has 1 aromatic heterocycles. The number of aromatic nitrogens is 2. The maximum Gasteiger partial charge on any atom is 0.243 e. The van der Waals surface area contributed by atoms with Crippen molar-refractivity contribution in [1.29, 1.82) is 0 Å². The van der Waals surface area contributed by atoms with E-state index in [9.17, 15) is 9.90 Å². The van der Waals surface area contributed by atoms with Gasteiger partial charge in [-0.2, -0.15) is 5.10 Å². The number of carbonyl (C=O) groups excluding carboxylic acids is 1. The number of H-pyrrole nitrogens is 1. The van der Waals surface area contributed by atoms with Crippen molar-refractivity contribution in [2.24, 2.45) is 16.8 Å². The summed E-state index contributed by atoms with van der Waals surface area (Å²) < 4.78 is 5.45. The maximum absolute atomic E-state index is 13.4. The number of nitrogens with zero attached hydrogens (tertiary/aromatic N) is 4. The van der Waals surface area contributed by atoms with Gasteiger partial charge in [0.05, 0.1) is 37.3 Å². The first kappa shape index (κ1) is 25.1. The number of aliphatic hydroxyl groups is 1. The van der Waals surface area contributed by atoms with Gasteiger partial charge < -0.3 is 14.7 Å². The van der Waals surface area contributed by atoms with Crippen LogP contribution in [0.25, 0.3) is 0 Å². The van der Waals surface area contributed by atoms with E-state index in [4.69, 9.17) is 14.8 Å². The van der Waals surface area contributed by atoms with E-state index in [1.165, 1.54) is 17.7 Å². The van der Waals surface area contributed by atoms with E-state index in [1.54, 1.807) is 4.90 Å². The largest absolute Gasteiger partial charge is 0.392 e. The van der Waals surface area contributed by atoms with Gasteiger partial charge in [-0.05, 0) is 74.6 Å². The number of morpholine rings is 1. The number of amides is 1. The van der Waals surface area contributed by atoms with E-state index < -0.39 is 0 Å². The van der Waals surface area contributed by atoms with Crippen molar-refractivity contribution in [1.82, 2.24) is 15.1 Å². The van der Waals surface area contributed by atoms with Crippen molar-refractivity contribution in [2.75, 3.05) is 38.3 Å². The number of benzene rings is 1. The summed E-state index contributed by atoms with van der Waals surface area (Å²) >= 11 is 0. The monoisotopic (exact) mass is 493 g/mol. The van der Waals surface area contributed by atoms with Gasteiger partial charge in [0.15, 0.2) is 0 Å². The zero-order chi connectivity index (χ0) is 25.4. The lowest BCUT2D eigenvalue weighted by molar-refractivity contribution is -0.124. The van der Waals surface area contributed by atoms with E-state index in [0.717, 1.165) is 84.5 Å². The summed E-state index contributed by atoms with van der Waals surface area (Å²) in [6.07, 6.45) is 5.31. The first-order valence-electron chi connectivity index (χ1n) is 13.4. The second-order valence-electron chi connectivity index (χ2n) is 10.6. The Hall–Kier alpha value is -2.55. The van der Waals surface area contributed by atoms with Crippen LogP contribution in [0.5, 0.6) is 0 Å². The molecule has 5 rings (SSSR count). The molecule has 2 aromatic rings. The predicted molar refractivity (Wildman–Crippen MR) is 141 cm³/mol. The maximum atomic E-state index is 13.4. The van der Waals surface area contributed by atoms with E-state index in [2.05, 4.69) is 16.9 Å². The highest BCUT2D eigenvalue weighted by Crippen LogP contribution is 2.48. The first-order chi connectivity index (χ1) is 17.4. The van der Waals surface area contributed by atoms with Crippen LogP contribution in [-0.2, 0) is 29.0 Å². The minimum atomic E-state index is -0.248. The fourth-order valence-corrected chi connectivity index (χ4v) is 5.72. The second-order valence-corrected chi connectivity index (χ2v) is 10.6. The molecule has 36 heavy (non-hydrogen) atoms. The summed E-state index contributed by atoms with van der Waals surface area (Å²) in [6.45, 7) is 8.81. The van der Waals surface area contributed by atoms with Crippen molar-refractivity contribution in [3.8, 4) is 0 Å². The zero-order valence-electron chi connectivity index (χ0n) is 22.0. The van der Waals surface area contributed by atoms with Crippen molar-refractivity contribution in [3.63, 3.8) is 0 Å². The summed E-state index contributed by atoms with van der Waals surface area (Å²) in [5.74, 6) is 1.65. The van der Waals surface area contributed by atoms with Crippen LogP contribution in [-0.4, -0.2) is 71.2 Å². The molecule has 2 fully saturated rings. The quantitative estimate of drug-likeness (QED) is 0.549.